The van der Waals surface area contributed by atoms with Crippen molar-refractivity contribution in [2.24, 2.45) is 0 Å². The molecule has 0 radical (unpaired) electrons. The van der Waals surface area contributed by atoms with Gasteiger partial charge in [0.05, 0.1) is 6.61 Å². The molecule has 1 amide bonds. The molecule has 0 aliphatic carbocycles. The Bertz CT molecular complexity index is 483. The summed E-state index contributed by atoms with van der Waals surface area (Å²) in [5.74, 6) is -0.462. The first-order chi connectivity index (χ1) is 9.34. The smallest absolute Gasteiger partial charge is 0.303 e. The summed E-state index contributed by atoms with van der Waals surface area (Å²) in [4.78, 5) is 22.7. The molecular formula is C15H21NO4. The Hall–Kier alpha value is -2.04. The second kappa shape index (κ2) is 6.93. The van der Waals surface area contributed by atoms with Gasteiger partial charge >= 0.3 is 5.97 Å². The van der Waals surface area contributed by atoms with Crippen molar-refractivity contribution >= 4 is 11.9 Å². The van der Waals surface area contributed by atoms with Crippen molar-refractivity contribution in [2.45, 2.75) is 39.2 Å². The highest BCUT2D eigenvalue weighted by atomic mass is 16.5. The first kappa shape index (κ1) is 16.0. The summed E-state index contributed by atoms with van der Waals surface area (Å²) in [7, 11) is 0. The number of benzene rings is 1. The van der Waals surface area contributed by atoms with E-state index in [1.807, 2.05) is 6.92 Å². The average molecular weight is 279 g/mol. The highest BCUT2D eigenvalue weighted by molar-refractivity contribution is 5.95. The van der Waals surface area contributed by atoms with Crippen LogP contribution in [0.1, 0.15) is 44.0 Å². The molecule has 110 valence electrons. The molecule has 0 atom stereocenters. The molecule has 20 heavy (non-hydrogen) atoms. The van der Waals surface area contributed by atoms with Crippen LogP contribution in [0.4, 0.5) is 0 Å². The summed E-state index contributed by atoms with van der Waals surface area (Å²) in [6.45, 7) is 6.03. The number of rotatable bonds is 7. The Balaban J connectivity index is 2.70. The number of carbonyl (C=O) groups is 2. The van der Waals surface area contributed by atoms with Crippen LogP contribution in [0.15, 0.2) is 24.3 Å². The second-order valence-electron chi connectivity index (χ2n) is 5.19. The van der Waals surface area contributed by atoms with Gasteiger partial charge in [-0.3, -0.25) is 9.59 Å². The van der Waals surface area contributed by atoms with E-state index in [0.29, 0.717) is 24.3 Å². The number of hydrogen-bond donors (Lipinski definition) is 2. The van der Waals surface area contributed by atoms with Crippen LogP contribution in [0.5, 0.6) is 5.75 Å². The molecule has 0 saturated carbocycles. The highest BCUT2D eigenvalue weighted by Gasteiger charge is 2.22. The van der Waals surface area contributed by atoms with Crippen molar-refractivity contribution in [2.75, 3.05) is 6.61 Å². The van der Waals surface area contributed by atoms with Crippen molar-refractivity contribution in [3.63, 3.8) is 0 Å². The third kappa shape index (κ3) is 5.30. The van der Waals surface area contributed by atoms with Gasteiger partial charge in [0.2, 0.25) is 0 Å². The predicted octanol–water partition coefficient (Wildman–Crippen LogP) is 2.46. The topological polar surface area (TPSA) is 75.6 Å². The zero-order valence-electron chi connectivity index (χ0n) is 12.1. The third-order valence-corrected chi connectivity index (χ3v) is 2.82. The van der Waals surface area contributed by atoms with Gasteiger partial charge in [-0.05, 0) is 45.4 Å². The number of amides is 1. The van der Waals surface area contributed by atoms with Crippen LogP contribution in [0.25, 0.3) is 0 Å². The predicted molar refractivity (Wildman–Crippen MR) is 76.0 cm³/mol. The van der Waals surface area contributed by atoms with Crippen molar-refractivity contribution in [3.05, 3.63) is 29.8 Å². The van der Waals surface area contributed by atoms with Crippen molar-refractivity contribution in [1.82, 2.24) is 5.32 Å². The van der Waals surface area contributed by atoms with Crippen molar-refractivity contribution in [1.29, 1.82) is 0 Å². The fourth-order valence-electron chi connectivity index (χ4n) is 1.76. The Morgan fingerprint density at radius 3 is 2.65 bits per heavy atom. The Morgan fingerprint density at radius 1 is 1.35 bits per heavy atom. The minimum atomic E-state index is -0.870. The molecule has 1 rings (SSSR count). The molecule has 5 heteroatoms. The van der Waals surface area contributed by atoms with E-state index in [4.69, 9.17) is 9.84 Å². The second-order valence-corrected chi connectivity index (χ2v) is 5.19. The summed E-state index contributed by atoms with van der Waals surface area (Å²) in [5.41, 5.74) is -0.0729. The molecular weight excluding hydrogens is 258 g/mol. The van der Waals surface area contributed by atoms with Crippen LogP contribution < -0.4 is 10.1 Å². The monoisotopic (exact) mass is 279 g/mol. The number of hydrogen-bond acceptors (Lipinski definition) is 3. The zero-order valence-corrected chi connectivity index (χ0v) is 12.1. The third-order valence-electron chi connectivity index (χ3n) is 2.82. The SMILES string of the molecule is CCOc1cccc(C(=O)NC(C)(C)CCC(=O)O)c1. The normalized spacial score (nSPS) is 10.9. The molecule has 0 heterocycles. The largest absolute Gasteiger partial charge is 0.494 e. The lowest BCUT2D eigenvalue weighted by Gasteiger charge is -2.25. The van der Waals surface area contributed by atoms with Gasteiger partial charge in [-0.1, -0.05) is 6.07 Å². The van der Waals surface area contributed by atoms with Crippen LogP contribution in [-0.2, 0) is 4.79 Å². The maximum absolute atomic E-state index is 12.1. The number of ether oxygens (including phenoxy) is 1. The molecule has 2 N–H and O–H groups in total. The van der Waals surface area contributed by atoms with Crippen LogP contribution in [0, 0.1) is 0 Å². The molecule has 0 bridgehead atoms. The number of nitrogens with one attached hydrogen (secondary N) is 1. The van der Waals surface area contributed by atoms with Crippen LogP contribution >= 0.6 is 0 Å². The molecule has 1 aromatic carbocycles. The fraction of sp³-hybridized carbons (Fsp3) is 0.467. The number of carboxylic acids is 1. The van der Waals surface area contributed by atoms with E-state index in [2.05, 4.69) is 5.32 Å². The van der Waals surface area contributed by atoms with Gasteiger partial charge in [0.25, 0.3) is 5.91 Å². The molecule has 1 aromatic rings. The van der Waals surface area contributed by atoms with E-state index in [9.17, 15) is 9.59 Å². The molecule has 5 nitrogen and oxygen atoms in total. The quantitative estimate of drug-likeness (QED) is 0.804. The van der Waals surface area contributed by atoms with Gasteiger partial charge in [-0.15, -0.1) is 0 Å². The Kier molecular flexibility index (Phi) is 5.55. The molecule has 0 unspecified atom stereocenters. The maximum Gasteiger partial charge on any atom is 0.303 e. The lowest BCUT2D eigenvalue weighted by atomic mass is 9.97. The Morgan fingerprint density at radius 2 is 2.05 bits per heavy atom. The minimum Gasteiger partial charge on any atom is -0.494 e. The maximum atomic E-state index is 12.1. The van der Waals surface area contributed by atoms with Gasteiger partial charge in [-0.25, -0.2) is 0 Å². The van der Waals surface area contributed by atoms with E-state index in [0.717, 1.165) is 0 Å². The molecule has 0 saturated heterocycles. The van der Waals surface area contributed by atoms with Gasteiger partial charge in [0, 0.05) is 17.5 Å². The van der Waals surface area contributed by atoms with Crippen molar-refractivity contribution in [3.8, 4) is 5.75 Å². The Labute approximate surface area is 118 Å². The lowest BCUT2D eigenvalue weighted by molar-refractivity contribution is -0.137. The van der Waals surface area contributed by atoms with E-state index >= 15 is 0 Å². The molecule has 0 fully saturated rings. The van der Waals surface area contributed by atoms with Crippen LogP contribution in [0.2, 0.25) is 0 Å². The molecule has 0 spiro atoms. The van der Waals surface area contributed by atoms with E-state index in [-0.39, 0.29) is 12.3 Å². The van der Waals surface area contributed by atoms with E-state index in [1.54, 1.807) is 38.1 Å². The van der Waals surface area contributed by atoms with Crippen LogP contribution in [0.3, 0.4) is 0 Å². The first-order valence-corrected chi connectivity index (χ1v) is 6.61. The standard InChI is InChI=1S/C15H21NO4/c1-4-20-12-7-5-6-11(10-12)14(19)16-15(2,3)9-8-13(17)18/h5-7,10H,4,8-9H2,1-3H3,(H,16,19)(H,17,18). The molecule has 0 aromatic heterocycles. The van der Waals surface area contributed by atoms with Crippen LogP contribution in [-0.4, -0.2) is 29.1 Å². The summed E-state index contributed by atoms with van der Waals surface area (Å²) in [5, 5.41) is 11.5. The van der Waals surface area contributed by atoms with Crippen molar-refractivity contribution < 1.29 is 19.4 Å². The summed E-state index contributed by atoms with van der Waals surface area (Å²) >= 11 is 0. The summed E-state index contributed by atoms with van der Waals surface area (Å²) in [6.07, 6.45) is 0.394. The first-order valence-electron chi connectivity index (χ1n) is 6.61. The average Bonchev–Trinajstić information content (AvgIpc) is 2.37. The molecule has 0 aliphatic heterocycles. The van der Waals surface area contributed by atoms with Gasteiger partial charge in [0.1, 0.15) is 5.75 Å². The minimum absolute atomic E-state index is 0.0201. The van der Waals surface area contributed by atoms with Gasteiger partial charge in [-0.2, -0.15) is 0 Å². The van der Waals surface area contributed by atoms with Gasteiger partial charge < -0.3 is 15.2 Å². The zero-order chi connectivity index (χ0) is 15.2. The number of carboxylic acid groups (broad SMARTS) is 1. The van der Waals surface area contributed by atoms with E-state index < -0.39 is 11.5 Å². The van der Waals surface area contributed by atoms with E-state index in [1.165, 1.54) is 0 Å². The summed E-state index contributed by atoms with van der Waals surface area (Å²) in [6, 6.07) is 6.91. The fourth-order valence-corrected chi connectivity index (χ4v) is 1.76. The summed E-state index contributed by atoms with van der Waals surface area (Å²) < 4.78 is 5.35. The number of aliphatic carboxylic acids is 1. The molecule has 0 aliphatic rings. The van der Waals surface area contributed by atoms with Gasteiger partial charge in [0.15, 0.2) is 0 Å². The highest BCUT2D eigenvalue weighted by Crippen LogP contribution is 2.16. The lowest BCUT2D eigenvalue weighted by Crippen LogP contribution is -2.43. The number of carbonyl (C=O) groups excluding carboxylic acids is 1.